The molecule has 88 valence electrons. The molecule has 0 saturated heterocycles. The first-order valence-electron chi connectivity index (χ1n) is 6.22. The summed E-state index contributed by atoms with van der Waals surface area (Å²) in [7, 11) is 0. The van der Waals surface area contributed by atoms with Crippen molar-refractivity contribution in [3.05, 3.63) is 29.8 Å². The van der Waals surface area contributed by atoms with E-state index in [1.54, 1.807) is 0 Å². The van der Waals surface area contributed by atoms with Gasteiger partial charge in [0.1, 0.15) is 0 Å². The summed E-state index contributed by atoms with van der Waals surface area (Å²) < 4.78 is 0. The summed E-state index contributed by atoms with van der Waals surface area (Å²) in [6.45, 7) is 3.15. The molecule has 2 heteroatoms. The van der Waals surface area contributed by atoms with E-state index >= 15 is 0 Å². The number of hydrogen-bond donors (Lipinski definition) is 2. The SMILES string of the molecule is Cc1cccc(NCC2CCC(O)CC2)c1. The van der Waals surface area contributed by atoms with E-state index in [4.69, 9.17) is 0 Å². The molecule has 1 saturated carbocycles. The van der Waals surface area contributed by atoms with Crippen LogP contribution >= 0.6 is 0 Å². The van der Waals surface area contributed by atoms with E-state index in [0.717, 1.165) is 38.1 Å². The van der Waals surface area contributed by atoms with Gasteiger partial charge in [0, 0.05) is 12.2 Å². The summed E-state index contributed by atoms with van der Waals surface area (Å²) >= 11 is 0. The largest absolute Gasteiger partial charge is 0.393 e. The first-order chi connectivity index (χ1) is 7.74. The van der Waals surface area contributed by atoms with Crippen LogP contribution in [0.25, 0.3) is 0 Å². The van der Waals surface area contributed by atoms with Crippen molar-refractivity contribution in [3.8, 4) is 0 Å². The van der Waals surface area contributed by atoms with Crippen LogP contribution in [0.5, 0.6) is 0 Å². The molecule has 2 N–H and O–H groups in total. The lowest BCUT2D eigenvalue weighted by Gasteiger charge is -2.25. The van der Waals surface area contributed by atoms with E-state index < -0.39 is 0 Å². The fourth-order valence-corrected chi connectivity index (χ4v) is 2.37. The van der Waals surface area contributed by atoms with Crippen molar-refractivity contribution in [2.45, 2.75) is 38.7 Å². The third-order valence-electron chi connectivity index (χ3n) is 3.43. The van der Waals surface area contributed by atoms with Crippen molar-refractivity contribution in [1.82, 2.24) is 0 Å². The Morgan fingerprint density at radius 1 is 1.25 bits per heavy atom. The van der Waals surface area contributed by atoms with Crippen LogP contribution < -0.4 is 5.32 Å². The third kappa shape index (κ3) is 3.24. The Labute approximate surface area is 97.7 Å². The van der Waals surface area contributed by atoms with Crippen molar-refractivity contribution >= 4 is 5.69 Å². The average molecular weight is 219 g/mol. The summed E-state index contributed by atoms with van der Waals surface area (Å²) in [5, 5.41) is 12.9. The topological polar surface area (TPSA) is 32.3 Å². The predicted octanol–water partition coefficient (Wildman–Crippen LogP) is 2.96. The Morgan fingerprint density at radius 3 is 2.69 bits per heavy atom. The lowest BCUT2D eigenvalue weighted by Crippen LogP contribution is -2.23. The molecule has 1 aromatic carbocycles. The minimum Gasteiger partial charge on any atom is -0.393 e. The third-order valence-corrected chi connectivity index (χ3v) is 3.43. The molecule has 16 heavy (non-hydrogen) atoms. The number of rotatable bonds is 3. The number of benzene rings is 1. The van der Waals surface area contributed by atoms with Gasteiger partial charge < -0.3 is 10.4 Å². The monoisotopic (exact) mass is 219 g/mol. The second-order valence-corrected chi connectivity index (χ2v) is 4.92. The highest BCUT2D eigenvalue weighted by molar-refractivity contribution is 5.45. The average Bonchev–Trinajstić information content (AvgIpc) is 2.28. The molecule has 0 aromatic heterocycles. The van der Waals surface area contributed by atoms with Crippen LogP contribution in [0.4, 0.5) is 5.69 Å². The molecule has 1 aromatic rings. The Balaban J connectivity index is 1.79. The minimum absolute atomic E-state index is 0.0461. The molecule has 2 rings (SSSR count). The Morgan fingerprint density at radius 2 is 2.00 bits per heavy atom. The summed E-state index contributed by atoms with van der Waals surface area (Å²) in [6, 6.07) is 8.49. The highest BCUT2D eigenvalue weighted by Crippen LogP contribution is 2.24. The zero-order valence-corrected chi connectivity index (χ0v) is 9.95. The molecule has 1 aliphatic rings. The fraction of sp³-hybridized carbons (Fsp3) is 0.571. The van der Waals surface area contributed by atoms with Gasteiger partial charge in [-0.05, 0) is 56.2 Å². The van der Waals surface area contributed by atoms with E-state index in [9.17, 15) is 5.11 Å². The number of aliphatic hydroxyl groups excluding tert-OH is 1. The van der Waals surface area contributed by atoms with Crippen LogP contribution in [0.1, 0.15) is 31.2 Å². The van der Waals surface area contributed by atoms with Crippen LogP contribution in [-0.2, 0) is 0 Å². The maximum Gasteiger partial charge on any atom is 0.0540 e. The first kappa shape index (κ1) is 11.5. The summed E-state index contributed by atoms with van der Waals surface area (Å²) in [5.74, 6) is 0.726. The van der Waals surface area contributed by atoms with Crippen LogP contribution in [0.2, 0.25) is 0 Å². The summed E-state index contributed by atoms with van der Waals surface area (Å²) in [5.41, 5.74) is 2.51. The van der Waals surface area contributed by atoms with Gasteiger partial charge in [0.2, 0.25) is 0 Å². The smallest absolute Gasteiger partial charge is 0.0540 e. The minimum atomic E-state index is -0.0461. The summed E-state index contributed by atoms with van der Waals surface area (Å²) in [4.78, 5) is 0. The van der Waals surface area contributed by atoms with Gasteiger partial charge >= 0.3 is 0 Å². The van der Waals surface area contributed by atoms with Gasteiger partial charge in [0.25, 0.3) is 0 Å². The first-order valence-corrected chi connectivity index (χ1v) is 6.22. The summed E-state index contributed by atoms with van der Waals surface area (Å²) in [6.07, 6.45) is 4.20. The molecule has 0 amide bonds. The molecule has 1 aliphatic carbocycles. The fourth-order valence-electron chi connectivity index (χ4n) is 2.37. The number of aryl methyl sites for hydroxylation is 1. The van der Waals surface area contributed by atoms with Gasteiger partial charge in [0.05, 0.1) is 6.10 Å². The quantitative estimate of drug-likeness (QED) is 0.819. The molecule has 0 radical (unpaired) electrons. The normalized spacial score (nSPS) is 25.4. The number of hydrogen-bond acceptors (Lipinski definition) is 2. The van der Waals surface area contributed by atoms with E-state index in [2.05, 4.69) is 36.5 Å². The molecule has 2 nitrogen and oxygen atoms in total. The Hall–Kier alpha value is -1.02. The van der Waals surface area contributed by atoms with Crippen LogP contribution in [0, 0.1) is 12.8 Å². The Kier molecular flexibility index (Phi) is 3.83. The molecular weight excluding hydrogens is 198 g/mol. The van der Waals surface area contributed by atoms with E-state index in [-0.39, 0.29) is 6.10 Å². The van der Waals surface area contributed by atoms with Crippen molar-refractivity contribution in [2.75, 3.05) is 11.9 Å². The second-order valence-electron chi connectivity index (χ2n) is 4.92. The van der Waals surface area contributed by atoms with Crippen LogP contribution in [-0.4, -0.2) is 17.8 Å². The zero-order valence-electron chi connectivity index (χ0n) is 9.95. The molecule has 0 bridgehead atoms. The molecule has 0 aliphatic heterocycles. The van der Waals surface area contributed by atoms with Gasteiger partial charge in [-0.15, -0.1) is 0 Å². The molecule has 0 heterocycles. The van der Waals surface area contributed by atoms with Gasteiger partial charge in [-0.1, -0.05) is 12.1 Å². The van der Waals surface area contributed by atoms with Crippen LogP contribution in [0.15, 0.2) is 24.3 Å². The molecule has 0 atom stereocenters. The van der Waals surface area contributed by atoms with Crippen LogP contribution in [0.3, 0.4) is 0 Å². The molecule has 0 unspecified atom stereocenters. The lowest BCUT2D eigenvalue weighted by atomic mass is 9.87. The maximum atomic E-state index is 9.43. The molecule has 1 fully saturated rings. The predicted molar refractivity (Wildman–Crippen MR) is 67.6 cm³/mol. The van der Waals surface area contributed by atoms with Crippen molar-refractivity contribution in [2.24, 2.45) is 5.92 Å². The van der Waals surface area contributed by atoms with E-state index in [0.29, 0.717) is 0 Å². The van der Waals surface area contributed by atoms with Gasteiger partial charge in [0.15, 0.2) is 0 Å². The molecular formula is C14H21NO. The highest BCUT2D eigenvalue weighted by Gasteiger charge is 2.18. The van der Waals surface area contributed by atoms with Gasteiger partial charge in [-0.3, -0.25) is 0 Å². The maximum absolute atomic E-state index is 9.43. The van der Waals surface area contributed by atoms with Crippen molar-refractivity contribution in [1.29, 1.82) is 0 Å². The van der Waals surface area contributed by atoms with E-state index in [1.807, 2.05) is 0 Å². The highest BCUT2D eigenvalue weighted by atomic mass is 16.3. The lowest BCUT2D eigenvalue weighted by molar-refractivity contribution is 0.111. The Bertz CT molecular complexity index is 329. The number of aliphatic hydroxyl groups is 1. The van der Waals surface area contributed by atoms with E-state index in [1.165, 1.54) is 11.3 Å². The second kappa shape index (κ2) is 5.35. The van der Waals surface area contributed by atoms with Gasteiger partial charge in [-0.25, -0.2) is 0 Å². The standard InChI is InChI=1S/C14H21NO/c1-11-3-2-4-13(9-11)15-10-12-5-7-14(16)8-6-12/h2-4,9,12,14-16H,5-8,10H2,1H3. The number of anilines is 1. The van der Waals surface area contributed by atoms with Crippen molar-refractivity contribution in [3.63, 3.8) is 0 Å². The number of nitrogens with one attached hydrogen (secondary N) is 1. The van der Waals surface area contributed by atoms with Gasteiger partial charge in [-0.2, -0.15) is 0 Å². The zero-order chi connectivity index (χ0) is 11.4. The van der Waals surface area contributed by atoms with Crippen molar-refractivity contribution < 1.29 is 5.11 Å². The molecule has 0 spiro atoms.